The standard InChI is InChI=1S/C10H16N4O2/c1-10(2,3)16-9(15)14-4-6-7(5-14)12-13-8(6)11/h7H,4-5,11H2,1-3H3/t7-/m0/s1. The van der Waals surface area contributed by atoms with E-state index in [0.717, 1.165) is 5.57 Å². The van der Waals surface area contributed by atoms with Gasteiger partial charge in [-0.15, -0.1) is 5.11 Å². The molecule has 0 aromatic heterocycles. The molecule has 0 aliphatic carbocycles. The van der Waals surface area contributed by atoms with Crippen LogP contribution in [0.4, 0.5) is 4.79 Å². The predicted molar refractivity (Wildman–Crippen MR) is 57.7 cm³/mol. The first-order valence-electron chi connectivity index (χ1n) is 5.24. The minimum atomic E-state index is -0.476. The van der Waals surface area contributed by atoms with Crippen LogP contribution in [-0.4, -0.2) is 35.7 Å². The number of carbonyl (C=O) groups excluding carboxylic acids is 1. The van der Waals surface area contributed by atoms with Crippen molar-refractivity contribution in [3.63, 3.8) is 0 Å². The van der Waals surface area contributed by atoms with E-state index in [9.17, 15) is 4.79 Å². The lowest BCUT2D eigenvalue weighted by atomic mass is 10.2. The zero-order chi connectivity index (χ0) is 11.9. The number of amides is 1. The summed E-state index contributed by atoms with van der Waals surface area (Å²) >= 11 is 0. The molecule has 0 aromatic carbocycles. The molecular formula is C10H16N4O2. The SMILES string of the molecule is CC(C)(C)OC(=O)N1CC2=C(N)N=N[C@H]2C1. The number of fused-ring (bicyclic) bond motifs is 1. The first-order valence-corrected chi connectivity index (χ1v) is 5.24. The van der Waals surface area contributed by atoms with E-state index in [1.54, 1.807) is 4.90 Å². The van der Waals surface area contributed by atoms with Gasteiger partial charge in [0.15, 0.2) is 0 Å². The second kappa shape index (κ2) is 3.47. The van der Waals surface area contributed by atoms with Gasteiger partial charge in [0.25, 0.3) is 0 Å². The topological polar surface area (TPSA) is 80.3 Å². The summed E-state index contributed by atoms with van der Waals surface area (Å²) in [5, 5.41) is 7.78. The molecule has 0 radical (unpaired) electrons. The van der Waals surface area contributed by atoms with Crippen LogP contribution in [0.2, 0.25) is 0 Å². The summed E-state index contributed by atoms with van der Waals surface area (Å²) in [6, 6.07) is -0.0625. The van der Waals surface area contributed by atoms with E-state index in [-0.39, 0.29) is 12.1 Å². The minimum absolute atomic E-state index is 0.0625. The molecule has 2 aliphatic heterocycles. The summed E-state index contributed by atoms with van der Waals surface area (Å²) in [5.74, 6) is 0.441. The molecule has 1 atom stereocenters. The molecule has 88 valence electrons. The Morgan fingerprint density at radius 3 is 2.81 bits per heavy atom. The van der Waals surface area contributed by atoms with Gasteiger partial charge in [-0.3, -0.25) is 0 Å². The lowest BCUT2D eigenvalue weighted by molar-refractivity contribution is 0.0296. The van der Waals surface area contributed by atoms with Gasteiger partial charge in [-0.1, -0.05) is 0 Å². The monoisotopic (exact) mass is 224 g/mol. The van der Waals surface area contributed by atoms with Crippen molar-refractivity contribution in [1.29, 1.82) is 0 Å². The smallest absolute Gasteiger partial charge is 0.410 e. The highest BCUT2D eigenvalue weighted by Gasteiger charge is 2.37. The van der Waals surface area contributed by atoms with Crippen molar-refractivity contribution in [2.75, 3.05) is 13.1 Å². The van der Waals surface area contributed by atoms with E-state index < -0.39 is 5.60 Å². The Kier molecular flexibility index (Phi) is 2.36. The fourth-order valence-electron chi connectivity index (χ4n) is 1.71. The average molecular weight is 224 g/mol. The highest BCUT2D eigenvalue weighted by atomic mass is 16.6. The van der Waals surface area contributed by atoms with Gasteiger partial charge in [0, 0.05) is 5.57 Å². The Morgan fingerprint density at radius 2 is 2.25 bits per heavy atom. The molecule has 0 spiro atoms. The Labute approximate surface area is 94.1 Å². The normalized spacial score (nSPS) is 23.9. The number of likely N-dealkylation sites (tertiary alicyclic amines) is 1. The lowest BCUT2D eigenvalue weighted by Gasteiger charge is -2.24. The van der Waals surface area contributed by atoms with Gasteiger partial charge in [0.05, 0.1) is 13.1 Å². The molecule has 1 saturated heterocycles. The number of rotatable bonds is 0. The van der Waals surface area contributed by atoms with Gasteiger partial charge >= 0.3 is 6.09 Å². The van der Waals surface area contributed by atoms with E-state index in [1.807, 2.05) is 20.8 Å². The van der Waals surface area contributed by atoms with Gasteiger partial charge in [0.1, 0.15) is 17.5 Å². The summed E-state index contributed by atoms with van der Waals surface area (Å²) in [6.45, 7) is 6.51. The molecule has 1 amide bonds. The van der Waals surface area contributed by atoms with Crippen molar-refractivity contribution in [3.05, 3.63) is 11.4 Å². The van der Waals surface area contributed by atoms with E-state index in [1.165, 1.54) is 0 Å². The fraction of sp³-hybridized carbons (Fsp3) is 0.700. The molecule has 6 nitrogen and oxygen atoms in total. The van der Waals surface area contributed by atoms with Crippen LogP contribution in [0.5, 0.6) is 0 Å². The molecule has 2 N–H and O–H groups in total. The van der Waals surface area contributed by atoms with Crippen molar-refractivity contribution in [2.24, 2.45) is 16.0 Å². The molecule has 16 heavy (non-hydrogen) atoms. The molecule has 0 aromatic rings. The van der Waals surface area contributed by atoms with Gasteiger partial charge in [0.2, 0.25) is 0 Å². The summed E-state index contributed by atoms with van der Waals surface area (Å²) in [5.41, 5.74) is 6.10. The van der Waals surface area contributed by atoms with Crippen LogP contribution < -0.4 is 5.73 Å². The maximum atomic E-state index is 11.8. The van der Waals surface area contributed by atoms with Crippen LogP contribution >= 0.6 is 0 Å². The second-order valence-corrected chi connectivity index (χ2v) is 5.00. The Hall–Kier alpha value is -1.59. The zero-order valence-corrected chi connectivity index (χ0v) is 9.73. The number of hydrogen-bond acceptors (Lipinski definition) is 5. The molecule has 0 unspecified atom stereocenters. The quantitative estimate of drug-likeness (QED) is 0.672. The average Bonchev–Trinajstić information content (AvgIpc) is 2.65. The highest BCUT2D eigenvalue weighted by molar-refractivity contribution is 5.69. The van der Waals surface area contributed by atoms with Crippen LogP contribution in [0.3, 0.4) is 0 Å². The van der Waals surface area contributed by atoms with Crippen LogP contribution in [0.15, 0.2) is 21.6 Å². The van der Waals surface area contributed by atoms with Crippen molar-refractivity contribution in [1.82, 2.24) is 4.90 Å². The molecule has 2 aliphatic rings. The lowest BCUT2D eigenvalue weighted by Crippen LogP contribution is -2.35. The summed E-state index contributed by atoms with van der Waals surface area (Å²) in [4.78, 5) is 13.4. The summed E-state index contributed by atoms with van der Waals surface area (Å²) in [7, 11) is 0. The third-order valence-corrected chi connectivity index (χ3v) is 2.44. The number of nitrogens with zero attached hydrogens (tertiary/aromatic N) is 3. The fourth-order valence-corrected chi connectivity index (χ4v) is 1.71. The first-order chi connectivity index (χ1) is 7.37. The van der Waals surface area contributed by atoms with Crippen LogP contribution in [0, 0.1) is 0 Å². The molecule has 2 heterocycles. The predicted octanol–water partition coefficient (Wildman–Crippen LogP) is 1.24. The molecule has 0 saturated carbocycles. The zero-order valence-electron chi connectivity index (χ0n) is 9.73. The van der Waals surface area contributed by atoms with E-state index in [4.69, 9.17) is 10.5 Å². The number of carbonyl (C=O) groups is 1. The van der Waals surface area contributed by atoms with E-state index in [0.29, 0.717) is 18.9 Å². The maximum Gasteiger partial charge on any atom is 0.410 e. The summed E-state index contributed by atoms with van der Waals surface area (Å²) in [6.07, 6.45) is -0.322. The van der Waals surface area contributed by atoms with E-state index in [2.05, 4.69) is 10.2 Å². The van der Waals surface area contributed by atoms with Crippen molar-refractivity contribution >= 4 is 6.09 Å². The van der Waals surface area contributed by atoms with Crippen LogP contribution in [0.1, 0.15) is 20.8 Å². The number of azo groups is 1. The maximum absolute atomic E-state index is 11.8. The summed E-state index contributed by atoms with van der Waals surface area (Å²) < 4.78 is 5.27. The molecule has 6 heteroatoms. The van der Waals surface area contributed by atoms with Crippen molar-refractivity contribution in [2.45, 2.75) is 32.4 Å². The Bertz CT molecular complexity index is 381. The first kappa shape index (κ1) is 10.9. The van der Waals surface area contributed by atoms with E-state index >= 15 is 0 Å². The third-order valence-electron chi connectivity index (χ3n) is 2.44. The third kappa shape index (κ3) is 2.00. The van der Waals surface area contributed by atoms with Gasteiger partial charge < -0.3 is 15.4 Å². The number of ether oxygens (including phenoxy) is 1. The largest absolute Gasteiger partial charge is 0.444 e. The van der Waals surface area contributed by atoms with Gasteiger partial charge in [-0.2, -0.15) is 5.11 Å². The number of nitrogens with two attached hydrogens (primary N) is 1. The van der Waals surface area contributed by atoms with Crippen LogP contribution in [0.25, 0.3) is 0 Å². The molecular weight excluding hydrogens is 208 g/mol. The van der Waals surface area contributed by atoms with Gasteiger partial charge in [-0.25, -0.2) is 4.79 Å². The highest BCUT2D eigenvalue weighted by Crippen LogP contribution is 2.27. The number of hydrogen-bond donors (Lipinski definition) is 1. The Balaban J connectivity index is 2.01. The van der Waals surface area contributed by atoms with Crippen molar-refractivity contribution < 1.29 is 9.53 Å². The molecule has 1 fully saturated rings. The Morgan fingerprint density at radius 1 is 1.56 bits per heavy atom. The van der Waals surface area contributed by atoms with Crippen molar-refractivity contribution in [3.8, 4) is 0 Å². The minimum Gasteiger partial charge on any atom is -0.444 e. The van der Waals surface area contributed by atoms with Gasteiger partial charge in [-0.05, 0) is 20.8 Å². The molecule has 2 rings (SSSR count). The molecule has 0 bridgehead atoms. The second-order valence-electron chi connectivity index (χ2n) is 5.00. The van der Waals surface area contributed by atoms with Crippen LogP contribution in [-0.2, 0) is 4.74 Å².